The van der Waals surface area contributed by atoms with Crippen LogP contribution >= 0.6 is 11.8 Å². The van der Waals surface area contributed by atoms with Gasteiger partial charge in [0.25, 0.3) is 0 Å². The summed E-state index contributed by atoms with van der Waals surface area (Å²) in [4.78, 5) is 22.5. The Labute approximate surface area is 105 Å². The van der Waals surface area contributed by atoms with Crippen molar-refractivity contribution in [1.82, 2.24) is 0 Å². The molecule has 1 unspecified atom stereocenters. The molecule has 6 heteroatoms. The molecule has 2 N–H and O–H groups in total. The van der Waals surface area contributed by atoms with E-state index in [4.69, 9.17) is 15.2 Å². The minimum atomic E-state index is -1.19. The molecule has 1 heterocycles. The Morgan fingerprint density at radius 1 is 1.35 bits per heavy atom. The lowest BCUT2D eigenvalue weighted by Gasteiger charge is -2.20. The average Bonchev–Trinajstić information content (AvgIpc) is 2.56. The highest BCUT2D eigenvalue weighted by atomic mass is 32.2. The molecule has 1 atom stereocenters. The summed E-state index contributed by atoms with van der Waals surface area (Å²) in [5, 5.41) is 0. The van der Waals surface area contributed by atoms with Gasteiger partial charge >= 0.3 is 11.9 Å². The van der Waals surface area contributed by atoms with Crippen LogP contribution in [0.1, 0.15) is 27.2 Å². The van der Waals surface area contributed by atoms with Crippen LogP contribution in [0.15, 0.2) is 10.5 Å². The van der Waals surface area contributed by atoms with Crippen molar-refractivity contribution < 1.29 is 19.1 Å². The van der Waals surface area contributed by atoms with E-state index >= 15 is 0 Å². The van der Waals surface area contributed by atoms with Crippen molar-refractivity contribution >= 4 is 23.7 Å². The number of nitrogens with two attached hydrogens (primary N) is 1. The molecule has 17 heavy (non-hydrogen) atoms. The number of hydrogen-bond acceptors (Lipinski definition) is 6. The number of carbonyl (C=O) groups is 2. The number of ether oxygens (including phenoxy) is 2. The SMILES string of the molecule is CCOC(=O)C1=C(C)CC(N)(C(=O)OCC)S1. The van der Waals surface area contributed by atoms with Gasteiger partial charge in [-0.1, -0.05) is 11.8 Å². The Balaban J connectivity index is 2.77. The monoisotopic (exact) mass is 259 g/mol. The van der Waals surface area contributed by atoms with Gasteiger partial charge in [-0.15, -0.1) is 0 Å². The third kappa shape index (κ3) is 3.01. The van der Waals surface area contributed by atoms with Gasteiger partial charge < -0.3 is 15.2 Å². The molecule has 0 aromatic carbocycles. The van der Waals surface area contributed by atoms with E-state index in [1.165, 1.54) is 0 Å². The maximum Gasteiger partial charge on any atom is 0.344 e. The summed E-state index contributed by atoms with van der Waals surface area (Å²) in [6.45, 7) is 5.79. The second kappa shape index (κ2) is 5.55. The van der Waals surface area contributed by atoms with E-state index in [1.54, 1.807) is 20.8 Å². The highest BCUT2D eigenvalue weighted by molar-refractivity contribution is 8.06. The first-order valence-electron chi connectivity index (χ1n) is 5.46. The minimum absolute atomic E-state index is 0.270. The fraction of sp³-hybridized carbons (Fsp3) is 0.636. The molecule has 1 rings (SSSR count). The van der Waals surface area contributed by atoms with Gasteiger partial charge in [0.05, 0.1) is 18.1 Å². The summed E-state index contributed by atoms with van der Waals surface area (Å²) in [5.74, 6) is -0.921. The van der Waals surface area contributed by atoms with Gasteiger partial charge in [0, 0.05) is 6.42 Å². The first-order valence-corrected chi connectivity index (χ1v) is 6.28. The van der Waals surface area contributed by atoms with Crippen molar-refractivity contribution in [3.8, 4) is 0 Å². The van der Waals surface area contributed by atoms with Crippen LogP contribution in [0.5, 0.6) is 0 Å². The van der Waals surface area contributed by atoms with Crippen LogP contribution in [-0.2, 0) is 19.1 Å². The van der Waals surface area contributed by atoms with Gasteiger partial charge in [0.2, 0.25) is 0 Å². The summed E-state index contributed by atoms with van der Waals surface area (Å²) >= 11 is 1.03. The standard InChI is InChI=1S/C11H17NO4S/c1-4-15-9(13)8-7(3)6-11(12,17-8)10(14)16-5-2/h4-6,12H2,1-3H3. The number of esters is 2. The van der Waals surface area contributed by atoms with E-state index < -0.39 is 16.8 Å². The average molecular weight is 259 g/mol. The molecule has 0 saturated heterocycles. The predicted octanol–water partition coefficient (Wildman–Crippen LogP) is 1.18. The van der Waals surface area contributed by atoms with Gasteiger partial charge in [0.1, 0.15) is 0 Å². The quantitative estimate of drug-likeness (QED) is 0.764. The molecule has 0 fully saturated rings. The Morgan fingerprint density at radius 3 is 2.47 bits per heavy atom. The minimum Gasteiger partial charge on any atom is -0.464 e. The summed E-state index contributed by atoms with van der Waals surface area (Å²) in [5.41, 5.74) is 6.71. The number of rotatable bonds is 4. The molecule has 0 aliphatic carbocycles. The van der Waals surface area contributed by atoms with Crippen LogP contribution in [0.25, 0.3) is 0 Å². The van der Waals surface area contributed by atoms with E-state index in [1.807, 2.05) is 0 Å². The van der Waals surface area contributed by atoms with Gasteiger partial charge in [-0.2, -0.15) is 0 Å². The third-order valence-electron chi connectivity index (χ3n) is 2.28. The van der Waals surface area contributed by atoms with Crippen LogP contribution in [0, 0.1) is 0 Å². The van der Waals surface area contributed by atoms with Crippen molar-refractivity contribution in [3.05, 3.63) is 10.5 Å². The highest BCUT2D eigenvalue weighted by Gasteiger charge is 2.45. The second-order valence-corrected chi connectivity index (χ2v) is 5.06. The zero-order valence-electron chi connectivity index (χ0n) is 10.2. The molecule has 1 aliphatic rings. The lowest BCUT2D eigenvalue weighted by molar-refractivity contribution is -0.145. The van der Waals surface area contributed by atoms with Crippen LogP contribution in [-0.4, -0.2) is 30.0 Å². The van der Waals surface area contributed by atoms with E-state index in [0.717, 1.165) is 17.3 Å². The first-order chi connectivity index (χ1) is 7.94. The Bertz CT molecular complexity index is 366. The fourth-order valence-electron chi connectivity index (χ4n) is 1.56. The molecular formula is C11H17NO4S. The van der Waals surface area contributed by atoms with E-state index in [9.17, 15) is 9.59 Å². The molecule has 0 aromatic heterocycles. The molecule has 0 aromatic rings. The molecule has 96 valence electrons. The zero-order valence-corrected chi connectivity index (χ0v) is 11.1. The highest BCUT2D eigenvalue weighted by Crippen LogP contribution is 2.44. The fourth-order valence-corrected chi connectivity index (χ4v) is 2.74. The maximum atomic E-state index is 11.7. The van der Waals surface area contributed by atoms with Crippen molar-refractivity contribution in [2.75, 3.05) is 13.2 Å². The molecule has 0 bridgehead atoms. The van der Waals surface area contributed by atoms with Crippen LogP contribution in [0.2, 0.25) is 0 Å². The molecule has 0 amide bonds. The lowest BCUT2D eigenvalue weighted by Crippen LogP contribution is -2.44. The van der Waals surface area contributed by atoms with E-state index in [2.05, 4.69) is 0 Å². The van der Waals surface area contributed by atoms with E-state index in [-0.39, 0.29) is 6.61 Å². The van der Waals surface area contributed by atoms with Crippen molar-refractivity contribution in [2.24, 2.45) is 5.73 Å². The molecule has 5 nitrogen and oxygen atoms in total. The summed E-state index contributed by atoms with van der Waals surface area (Å²) in [7, 11) is 0. The molecule has 1 aliphatic heterocycles. The molecule has 0 spiro atoms. The first kappa shape index (κ1) is 14.1. The lowest BCUT2D eigenvalue weighted by atomic mass is 10.1. The topological polar surface area (TPSA) is 78.6 Å². The molecule has 0 radical (unpaired) electrons. The summed E-state index contributed by atoms with van der Waals surface area (Å²) < 4.78 is 9.81. The zero-order chi connectivity index (χ0) is 13.1. The largest absolute Gasteiger partial charge is 0.464 e. The molecule has 0 saturated carbocycles. The number of carbonyl (C=O) groups excluding carboxylic acids is 2. The second-order valence-electron chi connectivity index (χ2n) is 3.72. The predicted molar refractivity (Wildman–Crippen MR) is 65.1 cm³/mol. The van der Waals surface area contributed by atoms with Crippen LogP contribution < -0.4 is 5.73 Å². The smallest absolute Gasteiger partial charge is 0.344 e. The normalized spacial score (nSPS) is 23.8. The van der Waals surface area contributed by atoms with Gasteiger partial charge in [-0.25, -0.2) is 9.59 Å². The van der Waals surface area contributed by atoms with E-state index in [0.29, 0.717) is 17.9 Å². The number of thioether (sulfide) groups is 1. The Hall–Kier alpha value is -1.01. The maximum absolute atomic E-state index is 11.7. The van der Waals surface area contributed by atoms with Crippen molar-refractivity contribution in [3.63, 3.8) is 0 Å². The molecular weight excluding hydrogens is 242 g/mol. The third-order valence-corrected chi connectivity index (χ3v) is 3.68. The van der Waals surface area contributed by atoms with Gasteiger partial charge in [-0.05, 0) is 26.3 Å². The summed E-state index contributed by atoms with van der Waals surface area (Å²) in [6.07, 6.45) is 0.310. The van der Waals surface area contributed by atoms with Crippen LogP contribution in [0.3, 0.4) is 0 Å². The van der Waals surface area contributed by atoms with Crippen LogP contribution in [0.4, 0.5) is 0 Å². The number of hydrogen-bond donors (Lipinski definition) is 1. The summed E-state index contributed by atoms with van der Waals surface area (Å²) in [6, 6.07) is 0. The van der Waals surface area contributed by atoms with Crippen molar-refractivity contribution in [2.45, 2.75) is 32.1 Å². The van der Waals surface area contributed by atoms with Gasteiger partial charge in [-0.3, -0.25) is 0 Å². The van der Waals surface area contributed by atoms with Gasteiger partial charge in [0.15, 0.2) is 4.87 Å². The van der Waals surface area contributed by atoms with Crippen molar-refractivity contribution in [1.29, 1.82) is 0 Å². The Kier molecular flexibility index (Phi) is 4.59. The Morgan fingerprint density at radius 2 is 1.94 bits per heavy atom.